The molecule has 1 aromatic rings. The molecule has 1 rings (SSSR count). The highest BCUT2D eigenvalue weighted by Crippen LogP contribution is 2.22. The average molecular weight is 195 g/mol. The van der Waals surface area contributed by atoms with Crippen LogP contribution in [0.1, 0.15) is 18.1 Å². The highest BCUT2D eigenvalue weighted by Gasteiger charge is 1.98. The fourth-order valence-corrected chi connectivity index (χ4v) is 2.11. The molecule has 0 spiro atoms. The summed E-state index contributed by atoms with van der Waals surface area (Å²) in [5.74, 6) is 1.14. The molecular formula is C11H17NS. The second-order valence-corrected chi connectivity index (χ2v) is 4.38. The number of rotatable bonds is 4. The zero-order valence-electron chi connectivity index (χ0n) is 8.34. The van der Waals surface area contributed by atoms with Gasteiger partial charge < -0.3 is 5.73 Å². The van der Waals surface area contributed by atoms with Crippen molar-refractivity contribution in [1.82, 2.24) is 0 Å². The van der Waals surface area contributed by atoms with Crippen LogP contribution in [0.15, 0.2) is 23.1 Å². The van der Waals surface area contributed by atoms with Gasteiger partial charge in [0.15, 0.2) is 0 Å². The second kappa shape index (κ2) is 5.30. The van der Waals surface area contributed by atoms with Crippen LogP contribution >= 0.6 is 11.8 Å². The molecule has 0 fully saturated rings. The van der Waals surface area contributed by atoms with Crippen molar-refractivity contribution in [3.05, 3.63) is 29.3 Å². The van der Waals surface area contributed by atoms with Crippen LogP contribution in [0.3, 0.4) is 0 Å². The van der Waals surface area contributed by atoms with Crippen molar-refractivity contribution in [1.29, 1.82) is 0 Å². The molecule has 0 amide bonds. The summed E-state index contributed by atoms with van der Waals surface area (Å²) in [5.41, 5.74) is 8.22. The third kappa shape index (κ3) is 3.05. The monoisotopic (exact) mass is 195 g/mol. The van der Waals surface area contributed by atoms with E-state index in [1.165, 1.54) is 16.0 Å². The smallest absolute Gasteiger partial charge is 0.0101 e. The average Bonchev–Trinajstić information content (AvgIpc) is 2.10. The van der Waals surface area contributed by atoms with Gasteiger partial charge in [-0.25, -0.2) is 0 Å². The standard InChI is InChI=1S/C11H17NS/c1-3-13-11-5-4-10(6-7-12)8-9(11)2/h4-5,8H,3,6-7,12H2,1-2H3. The van der Waals surface area contributed by atoms with E-state index < -0.39 is 0 Å². The molecule has 1 aromatic carbocycles. The van der Waals surface area contributed by atoms with E-state index in [1.54, 1.807) is 0 Å². The minimum absolute atomic E-state index is 0.736. The normalized spacial score (nSPS) is 10.4. The number of aryl methyl sites for hydroxylation is 1. The van der Waals surface area contributed by atoms with E-state index in [9.17, 15) is 0 Å². The summed E-state index contributed by atoms with van der Waals surface area (Å²) < 4.78 is 0. The molecule has 2 heteroatoms. The molecule has 0 aromatic heterocycles. The summed E-state index contributed by atoms with van der Waals surface area (Å²) in [5, 5.41) is 0. The molecule has 13 heavy (non-hydrogen) atoms. The van der Waals surface area contributed by atoms with Crippen LogP contribution in [0.4, 0.5) is 0 Å². The summed E-state index contributed by atoms with van der Waals surface area (Å²) in [7, 11) is 0. The van der Waals surface area contributed by atoms with E-state index in [0.717, 1.165) is 18.7 Å². The van der Waals surface area contributed by atoms with Crippen LogP contribution in [-0.4, -0.2) is 12.3 Å². The van der Waals surface area contributed by atoms with Crippen LogP contribution in [0.25, 0.3) is 0 Å². The number of hydrogen-bond acceptors (Lipinski definition) is 2. The Morgan fingerprint density at radius 3 is 2.69 bits per heavy atom. The van der Waals surface area contributed by atoms with Crippen LogP contribution in [0.2, 0.25) is 0 Å². The van der Waals surface area contributed by atoms with Gasteiger partial charge in [0, 0.05) is 4.90 Å². The first-order valence-electron chi connectivity index (χ1n) is 4.70. The van der Waals surface area contributed by atoms with Crippen molar-refractivity contribution in [2.45, 2.75) is 25.2 Å². The molecule has 1 nitrogen and oxygen atoms in total. The molecule has 0 aliphatic carbocycles. The summed E-state index contributed by atoms with van der Waals surface area (Å²) in [6.45, 7) is 5.08. The summed E-state index contributed by atoms with van der Waals surface area (Å²) >= 11 is 1.90. The van der Waals surface area contributed by atoms with E-state index in [-0.39, 0.29) is 0 Å². The quantitative estimate of drug-likeness (QED) is 0.747. The lowest BCUT2D eigenvalue weighted by Gasteiger charge is -2.06. The highest BCUT2D eigenvalue weighted by molar-refractivity contribution is 7.99. The number of benzene rings is 1. The Morgan fingerprint density at radius 1 is 1.38 bits per heavy atom. The van der Waals surface area contributed by atoms with Gasteiger partial charge >= 0.3 is 0 Å². The Kier molecular flexibility index (Phi) is 4.33. The summed E-state index contributed by atoms with van der Waals surface area (Å²) in [6.07, 6.45) is 0.984. The maximum Gasteiger partial charge on any atom is 0.0101 e. The zero-order valence-corrected chi connectivity index (χ0v) is 9.16. The molecule has 0 radical (unpaired) electrons. The van der Waals surface area contributed by atoms with E-state index in [0.29, 0.717) is 0 Å². The molecule has 0 atom stereocenters. The van der Waals surface area contributed by atoms with E-state index in [2.05, 4.69) is 32.0 Å². The molecule has 0 bridgehead atoms. The number of nitrogens with two attached hydrogens (primary N) is 1. The summed E-state index contributed by atoms with van der Waals surface area (Å²) in [4.78, 5) is 1.39. The van der Waals surface area contributed by atoms with Gasteiger partial charge in [-0.1, -0.05) is 19.1 Å². The lowest BCUT2D eigenvalue weighted by molar-refractivity contribution is 0.963. The van der Waals surface area contributed by atoms with E-state index >= 15 is 0 Å². The van der Waals surface area contributed by atoms with E-state index in [4.69, 9.17) is 5.73 Å². The largest absolute Gasteiger partial charge is 0.330 e. The lowest BCUT2D eigenvalue weighted by Crippen LogP contribution is -2.02. The maximum atomic E-state index is 5.50. The third-order valence-corrected chi connectivity index (χ3v) is 3.03. The predicted molar refractivity (Wildman–Crippen MR) is 60.3 cm³/mol. The van der Waals surface area contributed by atoms with Crippen molar-refractivity contribution in [2.75, 3.05) is 12.3 Å². The fourth-order valence-electron chi connectivity index (χ4n) is 1.35. The molecule has 2 N–H and O–H groups in total. The Hall–Kier alpha value is -0.470. The van der Waals surface area contributed by atoms with E-state index in [1.807, 2.05) is 11.8 Å². The minimum atomic E-state index is 0.736. The first-order valence-corrected chi connectivity index (χ1v) is 5.69. The molecule has 0 aliphatic heterocycles. The number of hydrogen-bond donors (Lipinski definition) is 1. The Bertz CT molecular complexity index is 271. The molecule has 0 saturated carbocycles. The van der Waals surface area contributed by atoms with Crippen molar-refractivity contribution >= 4 is 11.8 Å². The van der Waals surface area contributed by atoms with Crippen LogP contribution in [0, 0.1) is 6.92 Å². The Morgan fingerprint density at radius 2 is 2.15 bits per heavy atom. The van der Waals surface area contributed by atoms with Gasteiger partial charge in [0.25, 0.3) is 0 Å². The zero-order chi connectivity index (χ0) is 9.68. The first kappa shape index (κ1) is 10.6. The molecule has 0 heterocycles. The van der Waals surface area contributed by atoms with Gasteiger partial charge in [-0.05, 0) is 42.8 Å². The van der Waals surface area contributed by atoms with Crippen molar-refractivity contribution in [3.8, 4) is 0 Å². The minimum Gasteiger partial charge on any atom is -0.330 e. The Labute approximate surface area is 84.7 Å². The predicted octanol–water partition coefficient (Wildman–Crippen LogP) is 2.61. The molecule has 0 aliphatic rings. The topological polar surface area (TPSA) is 26.0 Å². The third-order valence-electron chi connectivity index (χ3n) is 1.97. The van der Waals surface area contributed by atoms with Crippen LogP contribution in [0.5, 0.6) is 0 Å². The van der Waals surface area contributed by atoms with Crippen LogP contribution in [-0.2, 0) is 6.42 Å². The van der Waals surface area contributed by atoms with Gasteiger partial charge in [0.1, 0.15) is 0 Å². The van der Waals surface area contributed by atoms with Gasteiger partial charge in [-0.2, -0.15) is 0 Å². The van der Waals surface area contributed by atoms with Crippen molar-refractivity contribution in [2.24, 2.45) is 5.73 Å². The van der Waals surface area contributed by atoms with Gasteiger partial charge in [-0.3, -0.25) is 0 Å². The summed E-state index contributed by atoms with van der Waals surface area (Å²) in [6, 6.07) is 6.62. The van der Waals surface area contributed by atoms with Crippen molar-refractivity contribution in [3.63, 3.8) is 0 Å². The second-order valence-electron chi connectivity index (χ2n) is 3.07. The lowest BCUT2D eigenvalue weighted by atomic mass is 10.1. The van der Waals surface area contributed by atoms with Crippen LogP contribution < -0.4 is 5.73 Å². The van der Waals surface area contributed by atoms with Gasteiger partial charge in [-0.15, -0.1) is 11.8 Å². The van der Waals surface area contributed by atoms with Gasteiger partial charge in [0.05, 0.1) is 0 Å². The molecule has 0 saturated heterocycles. The van der Waals surface area contributed by atoms with Crippen molar-refractivity contribution < 1.29 is 0 Å². The first-order chi connectivity index (χ1) is 6.27. The highest BCUT2D eigenvalue weighted by atomic mass is 32.2. The molecule has 72 valence electrons. The SMILES string of the molecule is CCSc1ccc(CCN)cc1C. The Balaban J connectivity index is 2.79. The van der Waals surface area contributed by atoms with Gasteiger partial charge in [0.2, 0.25) is 0 Å². The maximum absolute atomic E-state index is 5.50. The molecule has 0 unspecified atom stereocenters. The fraction of sp³-hybridized carbons (Fsp3) is 0.455. The number of thioether (sulfide) groups is 1. The molecular weight excluding hydrogens is 178 g/mol.